The van der Waals surface area contributed by atoms with Gasteiger partial charge in [-0.15, -0.1) is 0 Å². The molecule has 0 atom stereocenters. The number of anilines is 2. The second kappa shape index (κ2) is 6.76. The zero-order chi connectivity index (χ0) is 18.1. The molecule has 4 rings (SSSR count). The first-order valence-electron chi connectivity index (χ1n) is 8.27. The number of aryl methyl sites for hydroxylation is 1. The number of methoxy groups -OCH3 is 1. The molecule has 1 aromatic heterocycles. The number of thiazole rings is 1. The number of nitrogens with one attached hydrogen (secondary N) is 1. The number of hydrogen-bond acceptors (Lipinski definition) is 5. The van der Waals surface area contributed by atoms with Crippen LogP contribution in [-0.4, -0.2) is 30.5 Å². The van der Waals surface area contributed by atoms with Gasteiger partial charge >= 0.3 is 0 Å². The van der Waals surface area contributed by atoms with Crippen LogP contribution in [0.5, 0.6) is 5.75 Å². The van der Waals surface area contributed by atoms with Gasteiger partial charge in [-0.1, -0.05) is 29.5 Å². The molecule has 1 aliphatic rings. The largest absolute Gasteiger partial charge is 0.497 e. The number of carbonyl (C=O) groups is 2. The molecule has 0 spiro atoms. The SMILES string of the molecule is COc1ccc2nc(NC(=O)CN3C(=O)CCc4ccccc43)sc2c1. The predicted octanol–water partition coefficient (Wildman–Crippen LogP) is 3.22. The molecule has 3 aromatic rings. The van der Waals surface area contributed by atoms with Crippen molar-refractivity contribution >= 4 is 44.2 Å². The lowest BCUT2D eigenvalue weighted by Crippen LogP contribution is -2.40. The van der Waals surface area contributed by atoms with Crippen LogP contribution in [0, 0.1) is 0 Å². The fourth-order valence-corrected chi connectivity index (χ4v) is 3.97. The fourth-order valence-electron chi connectivity index (χ4n) is 3.06. The minimum Gasteiger partial charge on any atom is -0.497 e. The first kappa shape index (κ1) is 16.5. The number of ether oxygens (including phenoxy) is 1. The third-order valence-corrected chi connectivity index (χ3v) is 5.27. The minimum atomic E-state index is -0.263. The summed E-state index contributed by atoms with van der Waals surface area (Å²) in [5.74, 6) is 0.448. The summed E-state index contributed by atoms with van der Waals surface area (Å²) in [7, 11) is 1.61. The van der Waals surface area contributed by atoms with Gasteiger partial charge in [-0.25, -0.2) is 4.98 Å². The van der Waals surface area contributed by atoms with Crippen LogP contribution >= 0.6 is 11.3 Å². The smallest absolute Gasteiger partial charge is 0.246 e. The van der Waals surface area contributed by atoms with Gasteiger partial charge in [-0.2, -0.15) is 0 Å². The number of fused-ring (bicyclic) bond motifs is 2. The third kappa shape index (κ3) is 3.13. The van der Waals surface area contributed by atoms with Crippen LogP contribution in [-0.2, 0) is 16.0 Å². The molecule has 0 aliphatic carbocycles. The lowest BCUT2D eigenvalue weighted by Gasteiger charge is -2.28. The van der Waals surface area contributed by atoms with E-state index in [9.17, 15) is 9.59 Å². The van der Waals surface area contributed by atoms with Gasteiger partial charge in [0.2, 0.25) is 11.8 Å². The molecule has 1 N–H and O–H groups in total. The van der Waals surface area contributed by atoms with Crippen LogP contribution < -0.4 is 15.0 Å². The fraction of sp³-hybridized carbons (Fsp3) is 0.211. The zero-order valence-corrected chi connectivity index (χ0v) is 15.0. The summed E-state index contributed by atoms with van der Waals surface area (Å²) in [5, 5.41) is 3.31. The number of hydrogen-bond donors (Lipinski definition) is 1. The summed E-state index contributed by atoms with van der Waals surface area (Å²) in [6.45, 7) is -0.0188. The van der Waals surface area contributed by atoms with Crippen LogP contribution in [0.4, 0.5) is 10.8 Å². The number of nitrogens with zero attached hydrogens (tertiary/aromatic N) is 2. The van der Waals surface area contributed by atoms with Gasteiger partial charge in [0, 0.05) is 12.1 Å². The van der Waals surface area contributed by atoms with Crippen molar-refractivity contribution in [2.45, 2.75) is 12.8 Å². The van der Waals surface area contributed by atoms with Gasteiger partial charge in [0.15, 0.2) is 5.13 Å². The summed E-state index contributed by atoms with van der Waals surface area (Å²) < 4.78 is 6.14. The van der Waals surface area contributed by atoms with Crippen LogP contribution in [0.2, 0.25) is 0 Å². The lowest BCUT2D eigenvalue weighted by atomic mass is 10.0. The molecule has 1 aliphatic heterocycles. The summed E-state index contributed by atoms with van der Waals surface area (Å²) in [5.41, 5.74) is 2.70. The van der Waals surface area contributed by atoms with Crippen LogP contribution in [0.3, 0.4) is 0 Å². The first-order valence-corrected chi connectivity index (χ1v) is 9.08. The quantitative estimate of drug-likeness (QED) is 0.769. The van der Waals surface area contributed by atoms with Crippen molar-refractivity contribution in [3.8, 4) is 5.75 Å². The van der Waals surface area contributed by atoms with E-state index in [0.717, 1.165) is 27.2 Å². The topological polar surface area (TPSA) is 71.5 Å². The molecular formula is C19H17N3O3S. The maximum Gasteiger partial charge on any atom is 0.246 e. The Bertz CT molecular complexity index is 999. The molecule has 0 fully saturated rings. The lowest BCUT2D eigenvalue weighted by molar-refractivity contribution is -0.121. The number of rotatable bonds is 4. The molecule has 7 heteroatoms. The Kier molecular flexibility index (Phi) is 4.30. The van der Waals surface area contributed by atoms with Crippen molar-refractivity contribution in [1.29, 1.82) is 0 Å². The molecule has 0 bridgehead atoms. The molecule has 0 saturated heterocycles. The van der Waals surface area contributed by atoms with Crippen molar-refractivity contribution < 1.29 is 14.3 Å². The molecule has 0 saturated carbocycles. The van der Waals surface area contributed by atoms with Gasteiger partial charge in [0.1, 0.15) is 12.3 Å². The van der Waals surface area contributed by atoms with Crippen molar-refractivity contribution in [2.24, 2.45) is 0 Å². The summed E-state index contributed by atoms with van der Waals surface area (Å²) >= 11 is 1.38. The van der Waals surface area contributed by atoms with E-state index >= 15 is 0 Å². The van der Waals surface area contributed by atoms with Crippen LogP contribution in [0.25, 0.3) is 10.2 Å². The Balaban J connectivity index is 1.51. The van der Waals surface area contributed by atoms with Crippen molar-refractivity contribution in [3.63, 3.8) is 0 Å². The molecule has 0 radical (unpaired) electrons. The Morgan fingerprint density at radius 3 is 2.96 bits per heavy atom. The van der Waals surface area contributed by atoms with Gasteiger partial charge in [0.25, 0.3) is 0 Å². The average Bonchev–Trinajstić information content (AvgIpc) is 3.05. The second-order valence-corrected chi connectivity index (χ2v) is 7.04. The van der Waals surface area contributed by atoms with E-state index in [1.807, 2.05) is 42.5 Å². The van der Waals surface area contributed by atoms with Crippen molar-refractivity contribution in [3.05, 3.63) is 48.0 Å². The normalized spacial score (nSPS) is 13.6. The number of para-hydroxylation sites is 1. The minimum absolute atomic E-state index is 0.0188. The van der Waals surface area contributed by atoms with E-state index in [1.165, 1.54) is 11.3 Å². The number of carbonyl (C=O) groups excluding carboxylic acids is 2. The van der Waals surface area contributed by atoms with E-state index < -0.39 is 0 Å². The maximum atomic E-state index is 12.5. The third-order valence-electron chi connectivity index (χ3n) is 4.34. The maximum absolute atomic E-state index is 12.5. The number of benzene rings is 2. The molecule has 132 valence electrons. The second-order valence-electron chi connectivity index (χ2n) is 6.01. The van der Waals surface area contributed by atoms with E-state index in [0.29, 0.717) is 18.0 Å². The van der Waals surface area contributed by atoms with Gasteiger partial charge < -0.3 is 15.0 Å². The highest BCUT2D eigenvalue weighted by Gasteiger charge is 2.25. The average molecular weight is 367 g/mol. The highest BCUT2D eigenvalue weighted by atomic mass is 32.1. The zero-order valence-electron chi connectivity index (χ0n) is 14.2. The number of aromatic nitrogens is 1. The molecule has 26 heavy (non-hydrogen) atoms. The first-order chi connectivity index (χ1) is 12.6. The van der Waals surface area contributed by atoms with Crippen molar-refractivity contribution in [1.82, 2.24) is 4.98 Å². The van der Waals surface area contributed by atoms with E-state index in [2.05, 4.69) is 10.3 Å². The van der Waals surface area contributed by atoms with E-state index in [4.69, 9.17) is 4.74 Å². The highest BCUT2D eigenvalue weighted by molar-refractivity contribution is 7.22. The molecule has 2 aromatic carbocycles. The molecule has 2 heterocycles. The Morgan fingerprint density at radius 2 is 2.12 bits per heavy atom. The summed E-state index contributed by atoms with van der Waals surface area (Å²) in [6, 6.07) is 13.3. The standard InChI is InChI=1S/C19H17N3O3S/c1-25-13-7-8-14-16(10-13)26-19(20-14)21-17(23)11-22-15-5-3-2-4-12(15)6-9-18(22)24/h2-5,7-8,10H,6,9,11H2,1H3,(H,20,21,23). The van der Waals surface area contributed by atoms with E-state index in [1.54, 1.807) is 12.0 Å². The monoisotopic (exact) mass is 367 g/mol. The summed E-state index contributed by atoms with van der Waals surface area (Å²) in [6.07, 6.45) is 1.14. The molecule has 6 nitrogen and oxygen atoms in total. The predicted molar refractivity (Wildman–Crippen MR) is 102 cm³/mol. The van der Waals surface area contributed by atoms with Crippen molar-refractivity contribution in [2.75, 3.05) is 23.9 Å². The molecule has 2 amide bonds. The Morgan fingerprint density at radius 1 is 1.27 bits per heavy atom. The van der Waals surface area contributed by atoms with Crippen LogP contribution in [0.1, 0.15) is 12.0 Å². The Labute approximate surface area is 154 Å². The highest BCUT2D eigenvalue weighted by Crippen LogP contribution is 2.30. The molecular weight excluding hydrogens is 350 g/mol. The van der Waals surface area contributed by atoms with E-state index in [-0.39, 0.29) is 18.4 Å². The Hall–Kier alpha value is -2.93. The number of amides is 2. The molecule has 0 unspecified atom stereocenters. The van der Waals surface area contributed by atoms with Gasteiger partial charge in [0.05, 0.1) is 17.3 Å². The summed E-state index contributed by atoms with van der Waals surface area (Å²) in [4.78, 5) is 30.7. The van der Waals surface area contributed by atoms with Gasteiger partial charge in [-0.05, 0) is 36.2 Å². The van der Waals surface area contributed by atoms with Crippen LogP contribution in [0.15, 0.2) is 42.5 Å². The van der Waals surface area contributed by atoms with Gasteiger partial charge in [-0.3, -0.25) is 9.59 Å².